The van der Waals surface area contributed by atoms with E-state index in [9.17, 15) is 4.79 Å². The molecule has 0 bridgehead atoms. The largest absolute Gasteiger partial charge is 0.478 e. The number of benzene rings is 1. The van der Waals surface area contributed by atoms with Crippen LogP contribution in [0.3, 0.4) is 0 Å². The average molecular weight is 281 g/mol. The molecular weight excluding hydrogens is 266 g/mol. The molecule has 0 spiro atoms. The van der Waals surface area contributed by atoms with E-state index in [1.807, 2.05) is 0 Å². The van der Waals surface area contributed by atoms with Crippen molar-refractivity contribution in [2.24, 2.45) is 5.92 Å². The Bertz CT molecular complexity index is 723. The number of allylic oxidation sites excluding steroid dienone is 4. The van der Waals surface area contributed by atoms with Gasteiger partial charge in [0.25, 0.3) is 0 Å². The van der Waals surface area contributed by atoms with Crippen LogP contribution in [0.15, 0.2) is 53.2 Å². The van der Waals surface area contributed by atoms with Crippen molar-refractivity contribution >= 4 is 11.5 Å². The van der Waals surface area contributed by atoms with Gasteiger partial charge in [0.2, 0.25) is 5.89 Å². The molecular formula is C17H15NO3. The molecule has 4 heteroatoms. The van der Waals surface area contributed by atoms with E-state index < -0.39 is 5.97 Å². The predicted octanol–water partition coefficient (Wildman–Crippen LogP) is 4.02. The number of oxazole rings is 1. The van der Waals surface area contributed by atoms with Crippen LogP contribution in [0, 0.1) is 5.92 Å². The Morgan fingerprint density at radius 1 is 1.33 bits per heavy atom. The molecule has 0 fully saturated rings. The van der Waals surface area contributed by atoms with E-state index in [4.69, 9.17) is 9.52 Å². The van der Waals surface area contributed by atoms with Gasteiger partial charge in [-0.2, -0.15) is 0 Å². The van der Waals surface area contributed by atoms with Crippen molar-refractivity contribution in [3.63, 3.8) is 0 Å². The maximum atomic E-state index is 10.8. The van der Waals surface area contributed by atoms with Crippen LogP contribution in [-0.2, 0) is 0 Å². The van der Waals surface area contributed by atoms with Crippen molar-refractivity contribution in [3.8, 4) is 11.5 Å². The molecule has 1 N–H and O–H groups in total. The molecule has 1 aromatic heterocycles. The lowest BCUT2D eigenvalue weighted by molar-refractivity contribution is 0.0697. The maximum Gasteiger partial charge on any atom is 0.335 e. The Balaban J connectivity index is 1.85. The summed E-state index contributed by atoms with van der Waals surface area (Å²) in [4.78, 5) is 15.3. The minimum atomic E-state index is -0.943. The molecule has 0 amide bonds. The van der Waals surface area contributed by atoms with Gasteiger partial charge < -0.3 is 9.52 Å². The average Bonchev–Trinajstić information content (AvgIpc) is 2.98. The van der Waals surface area contributed by atoms with Gasteiger partial charge >= 0.3 is 5.97 Å². The van der Waals surface area contributed by atoms with Crippen LogP contribution in [0.5, 0.6) is 0 Å². The molecule has 1 aliphatic carbocycles. The second-order valence-corrected chi connectivity index (χ2v) is 5.15. The third kappa shape index (κ3) is 2.79. The van der Waals surface area contributed by atoms with Crippen LogP contribution in [-0.4, -0.2) is 16.1 Å². The summed E-state index contributed by atoms with van der Waals surface area (Å²) in [6, 6.07) is 6.49. The number of carbonyl (C=O) groups is 1. The number of hydrogen-bond donors (Lipinski definition) is 1. The van der Waals surface area contributed by atoms with Crippen molar-refractivity contribution < 1.29 is 14.3 Å². The lowest BCUT2D eigenvalue weighted by Gasteiger charge is -2.09. The molecule has 1 unspecified atom stereocenters. The second-order valence-electron chi connectivity index (χ2n) is 5.15. The molecule has 0 saturated heterocycles. The predicted molar refractivity (Wildman–Crippen MR) is 79.8 cm³/mol. The lowest BCUT2D eigenvalue weighted by atomic mass is 9.97. The van der Waals surface area contributed by atoms with Crippen molar-refractivity contribution in [3.05, 3.63) is 60.0 Å². The minimum absolute atomic E-state index is 0.248. The first-order valence-corrected chi connectivity index (χ1v) is 6.81. The van der Waals surface area contributed by atoms with E-state index in [2.05, 4.69) is 30.1 Å². The van der Waals surface area contributed by atoms with E-state index in [1.165, 1.54) is 0 Å². The number of aromatic carboxylic acids is 1. The molecule has 2 aromatic rings. The first-order valence-electron chi connectivity index (χ1n) is 6.81. The standard InChI is InChI=1S/C17H15NO3/c1-11-2-4-12(5-3-11)15-10-21-16(18-15)13-6-8-14(9-7-13)17(19)20/h2,4-11H,3H2,1H3,(H,19,20). The van der Waals surface area contributed by atoms with Crippen LogP contribution in [0.4, 0.5) is 0 Å². The maximum absolute atomic E-state index is 10.8. The summed E-state index contributed by atoms with van der Waals surface area (Å²) in [7, 11) is 0. The Kier molecular flexibility index (Phi) is 3.44. The molecule has 1 atom stereocenters. The number of aromatic nitrogens is 1. The summed E-state index contributed by atoms with van der Waals surface area (Å²) in [5.74, 6) is 0.111. The van der Waals surface area contributed by atoms with Gasteiger partial charge in [-0.15, -0.1) is 0 Å². The number of carboxylic acids is 1. The molecule has 1 aliphatic rings. The Labute approximate surface area is 122 Å². The molecule has 0 radical (unpaired) electrons. The van der Waals surface area contributed by atoms with Crippen molar-refractivity contribution in [2.45, 2.75) is 13.3 Å². The van der Waals surface area contributed by atoms with Gasteiger partial charge in [-0.05, 0) is 42.2 Å². The smallest absolute Gasteiger partial charge is 0.335 e. The van der Waals surface area contributed by atoms with E-state index in [-0.39, 0.29) is 5.56 Å². The van der Waals surface area contributed by atoms with E-state index in [0.29, 0.717) is 11.8 Å². The summed E-state index contributed by atoms with van der Waals surface area (Å²) in [5, 5.41) is 8.89. The second kappa shape index (κ2) is 5.40. The highest BCUT2D eigenvalue weighted by molar-refractivity contribution is 5.88. The molecule has 4 nitrogen and oxygen atoms in total. The molecule has 0 aliphatic heterocycles. The molecule has 0 saturated carbocycles. The SMILES string of the molecule is CC1C=CC(c2coc(-c3ccc(C(=O)O)cc3)n2)=CC1. The van der Waals surface area contributed by atoms with Crippen molar-refractivity contribution in [1.29, 1.82) is 0 Å². The fourth-order valence-corrected chi connectivity index (χ4v) is 2.21. The highest BCUT2D eigenvalue weighted by atomic mass is 16.4. The third-order valence-corrected chi connectivity index (χ3v) is 3.49. The number of hydrogen-bond acceptors (Lipinski definition) is 3. The zero-order valence-corrected chi connectivity index (χ0v) is 11.6. The van der Waals surface area contributed by atoms with Gasteiger partial charge in [-0.1, -0.05) is 25.2 Å². The van der Waals surface area contributed by atoms with E-state index in [0.717, 1.165) is 23.3 Å². The summed E-state index contributed by atoms with van der Waals surface area (Å²) in [6.45, 7) is 2.17. The summed E-state index contributed by atoms with van der Waals surface area (Å²) in [6.07, 6.45) is 9.00. The molecule has 1 heterocycles. The molecule has 21 heavy (non-hydrogen) atoms. The van der Waals surface area contributed by atoms with Gasteiger partial charge in [0.15, 0.2) is 0 Å². The van der Waals surface area contributed by atoms with Gasteiger partial charge in [-0.25, -0.2) is 9.78 Å². The monoisotopic (exact) mass is 281 g/mol. The van der Waals surface area contributed by atoms with E-state index in [1.54, 1.807) is 30.5 Å². The number of rotatable bonds is 3. The summed E-state index contributed by atoms with van der Waals surface area (Å²) in [5.41, 5.74) is 2.87. The van der Waals surface area contributed by atoms with Crippen LogP contribution < -0.4 is 0 Å². The third-order valence-electron chi connectivity index (χ3n) is 3.49. The zero-order chi connectivity index (χ0) is 14.8. The minimum Gasteiger partial charge on any atom is -0.478 e. The number of nitrogens with zero attached hydrogens (tertiary/aromatic N) is 1. The Morgan fingerprint density at radius 2 is 2.10 bits per heavy atom. The van der Waals surface area contributed by atoms with Gasteiger partial charge in [0, 0.05) is 5.56 Å². The summed E-state index contributed by atoms with van der Waals surface area (Å²) < 4.78 is 5.50. The van der Waals surface area contributed by atoms with Crippen molar-refractivity contribution in [1.82, 2.24) is 4.98 Å². The van der Waals surface area contributed by atoms with Crippen LogP contribution in [0.2, 0.25) is 0 Å². The number of carboxylic acid groups (broad SMARTS) is 1. The molecule has 106 valence electrons. The molecule has 1 aromatic carbocycles. The Morgan fingerprint density at radius 3 is 2.71 bits per heavy atom. The zero-order valence-electron chi connectivity index (χ0n) is 11.6. The lowest BCUT2D eigenvalue weighted by Crippen LogP contribution is -1.95. The fraction of sp³-hybridized carbons (Fsp3) is 0.176. The van der Waals surface area contributed by atoms with Crippen molar-refractivity contribution in [2.75, 3.05) is 0 Å². The normalized spacial score (nSPS) is 17.6. The first-order chi connectivity index (χ1) is 10.1. The quantitative estimate of drug-likeness (QED) is 0.923. The highest BCUT2D eigenvalue weighted by Gasteiger charge is 2.12. The summed E-state index contributed by atoms with van der Waals surface area (Å²) >= 11 is 0. The topological polar surface area (TPSA) is 63.3 Å². The van der Waals surface area contributed by atoms with Crippen LogP contribution >= 0.6 is 0 Å². The first kappa shape index (κ1) is 13.4. The van der Waals surface area contributed by atoms with E-state index >= 15 is 0 Å². The van der Waals surface area contributed by atoms with Gasteiger partial charge in [0.1, 0.15) is 12.0 Å². The van der Waals surface area contributed by atoms with Gasteiger partial charge in [-0.3, -0.25) is 0 Å². The molecule has 3 rings (SSSR count). The Hall–Kier alpha value is -2.62. The van der Waals surface area contributed by atoms with Crippen LogP contribution in [0.25, 0.3) is 17.0 Å². The highest BCUT2D eigenvalue weighted by Crippen LogP contribution is 2.26. The fourth-order valence-electron chi connectivity index (χ4n) is 2.21. The van der Waals surface area contributed by atoms with Crippen LogP contribution in [0.1, 0.15) is 29.4 Å². The van der Waals surface area contributed by atoms with Gasteiger partial charge in [0.05, 0.1) is 5.56 Å².